The quantitative estimate of drug-likeness (QED) is 0.833. The van der Waals surface area contributed by atoms with Crippen LogP contribution in [0.2, 0.25) is 0 Å². The van der Waals surface area contributed by atoms with E-state index < -0.39 is 12.1 Å². The molecule has 0 bridgehead atoms. The van der Waals surface area contributed by atoms with E-state index in [0.29, 0.717) is 6.54 Å². The molecule has 1 fully saturated rings. The average molecular weight is 235 g/mol. The summed E-state index contributed by atoms with van der Waals surface area (Å²) in [6, 6.07) is 0. The normalized spacial score (nSPS) is 18.9. The number of piperazine rings is 1. The molecule has 4 nitrogen and oxygen atoms in total. The van der Waals surface area contributed by atoms with Gasteiger partial charge in [0.15, 0.2) is 0 Å². The van der Waals surface area contributed by atoms with Crippen LogP contribution in [0.4, 0.5) is 13.2 Å². The molecule has 0 amide bonds. The van der Waals surface area contributed by atoms with Crippen LogP contribution in [0.1, 0.15) is 11.7 Å². The number of hydrogen-bond donors (Lipinski definition) is 1. The fourth-order valence-corrected chi connectivity index (χ4v) is 1.60. The lowest BCUT2D eigenvalue weighted by Gasteiger charge is -2.25. The monoisotopic (exact) mass is 235 g/mol. The lowest BCUT2D eigenvalue weighted by molar-refractivity contribution is -0.157. The van der Waals surface area contributed by atoms with Gasteiger partial charge in [0.1, 0.15) is 5.76 Å². The largest absolute Gasteiger partial charge is 0.468 e. The van der Waals surface area contributed by atoms with Gasteiger partial charge in [0, 0.05) is 26.2 Å². The van der Waals surface area contributed by atoms with Crippen molar-refractivity contribution in [1.29, 1.82) is 0 Å². The Bertz CT molecular complexity index is 344. The summed E-state index contributed by atoms with van der Waals surface area (Å²) in [7, 11) is 0. The van der Waals surface area contributed by atoms with Gasteiger partial charge in [-0.05, 0) is 0 Å². The fourth-order valence-electron chi connectivity index (χ4n) is 1.60. The molecule has 2 heterocycles. The number of nitrogens with zero attached hydrogens (tertiary/aromatic N) is 2. The Hall–Kier alpha value is -1.08. The Morgan fingerprint density at radius 2 is 2.06 bits per heavy atom. The number of nitrogens with one attached hydrogen (secondary N) is 1. The van der Waals surface area contributed by atoms with Crippen LogP contribution in [-0.4, -0.2) is 36.1 Å². The standard InChI is InChI=1S/C9H12F3N3O/c10-9(11,12)8-14-5-7(16-8)6-15-3-1-13-2-4-15/h5,13H,1-4,6H2. The lowest BCUT2D eigenvalue weighted by atomic mass is 10.3. The molecular formula is C9H12F3N3O. The number of oxazole rings is 1. The summed E-state index contributed by atoms with van der Waals surface area (Å²) in [6.45, 7) is 3.69. The van der Waals surface area contributed by atoms with Gasteiger partial charge in [0.05, 0.1) is 12.7 Å². The van der Waals surface area contributed by atoms with Crippen LogP contribution < -0.4 is 5.32 Å². The van der Waals surface area contributed by atoms with Crippen LogP contribution in [0.25, 0.3) is 0 Å². The molecule has 0 atom stereocenters. The summed E-state index contributed by atoms with van der Waals surface area (Å²) < 4.78 is 41.3. The second-order valence-corrected chi connectivity index (χ2v) is 3.66. The van der Waals surface area contributed by atoms with Crippen molar-refractivity contribution >= 4 is 0 Å². The van der Waals surface area contributed by atoms with E-state index in [9.17, 15) is 13.2 Å². The first-order chi connectivity index (χ1) is 7.55. The molecule has 0 unspecified atom stereocenters. The molecule has 1 aliphatic heterocycles. The summed E-state index contributed by atoms with van der Waals surface area (Å²) in [4.78, 5) is 5.24. The molecule has 0 saturated carbocycles. The number of hydrogen-bond acceptors (Lipinski definition) is 4. The molecular weight excluding hydrogens is 223 g/mol. The van der Waals surface area contributed by atoms with Crippen molar-refractivity contribution in [3.8, 4) is 0 Å². The molecule has 1 aromatic heterocycles. The van der Waals surface area contributed by atoms with Gasteiger partial charge in [0.2, 0.25) is 0 Å². The van der Waals surface area contributed by atoms with E-state index in [0.717, 1.165) is 32.4 Å². The third kappa shape index (κ3) is 2.73. The molecule has 0 radical (unpaired) electrons. The Kier molecular flexibility index (Phi) is 3.15. The van der Waals surface area contributed by atoms with Crippen LogP contribution in [0.3, 0.4) is 0 Å². The van der Waals surface area contributed by atoms with Crippen molar-refractivity contribution in [3.05, 3.63) is 17.8 Å². The van der Waals surface area contributed by atoms with Crippen molar-refractivity contribution in [2.75, 3.05) is 26.2 Å². The van der Waals surface area contributed by atoms with Crippen molar-refractivity contribution < 1.29 is 17.6 Å². The highest BCUT2D eigenvalue weighted by Crippen LogP contribution is 2.28. The number of aromatic nitrogens is 1. The highest BCUT2D eigenvalue weighted by Gasteiger charge is 2.37. The van der Waals surface area contributed by atoms with Crippen molar-refractivity contribution in [2.45, 2.75) is 12.7 Å². The summed E-state index contributed by atoms with van der Waals surface area (Å²) >= 11 is 0. The van der Waals surface area contributed by atoms with Crippen LogP contribution in [0, 0.1) is 0 Å². The molecule has 0 spiro atoms. The SMILES string of the molecule is FC(F)(F)c1ncc(CN2CCNCC2)o1. The maximum absolute atomic E-state index is 12.2. The van der Waals surface area contributed by atoms with Crippen molar-refractivity contribution in [3.63, 3.8) is 0 Å². The average Bonchev–Trinajstić information content (AvgIpc) is 2.67. The van der Waals surface area contributed by atoms with Gasteiger partial charge in [-0.1, -0.05) is 0 Å². The van der Waals surface area contributed by atoms with E-state index in [-0.39, 0.29) is 5.76 Å². The lowest BCUT2D eigenvalue weighted by Crippen LogP contribution is -2.42. The maximum atomic E-state index is 12.2. The smallest absolute Gasteiger partial charge is 0.437 e. The Morgan fingerprint density at radius 3 is 2.62 bits per heavy atom. The van der Waals surface area contributed by atoms with Crippen LogP contribution >= 0.6 is 0 Å². The predicted molar refractivity (Wildman–Crippen MR) is 49.7 cm³/mol. The Labute approximate surface area is 90.4 Å². The van der Waals surface area contributed by atoms with Gasteiger partial charge < -0.3 is 9.73 Å². The van der Waals surface area contributed by atoms with E-state index in [2.05, 4.69) is 14.7 Å². The van der Waals surface area contributed by atoms with Crippen LogP contribution in [0.5, 0.6) is 0 Å². The van der Waals surface area contributed by atoms with Gasteiger partial charge in [-0.25, -0.2) is 4.98 Å². The molecule has 90 valence electrons. The van der Waals surface area contributed by atoms with Gasteiger partial charge >= 0.3 is 12.1 Å². The minimum atomic E-state index is -4.50. The summed E-state index contributed by atoms with van der Waals surface area (Å²) in [5.41, 5.74) is 0. The fraction of sp³-hybridized carbons (Fsp3) is 0.667. The highest BCUT2D eigenvalue weighted by molar-refractivity contribution is 4.97. The third-order valence-corrected chi connectivity index (χ3v) is 2.39. The Morgan fingerprint density at radius 1 is 1.38 bits per heavy atom. The molecule has 1 saturated heterocycles. The summed E-state index contributed by atoms with van der Waals surface area (Å²) in [5.74, 6) is -0.910. The Balaban J connectivity index is 1.97. The first kappa shape index (κ1) is 11.4. The van der Waals surface area contributed by atoms with E-state index in [4.69, 9.17) is 0 Å². The molecule has 0 aromatic carbocycles. The summed E-state index contributed by atoms with van der Waals surface area (Å²) in [6.07, 6.45) is -3.35. The van der Waals surface area contributed by atoms with Crippen LogP contribution in [-0.2, 0) is 12.7 Å². The number of rotatable bonds is 2. The predicted octanol–water partition coefficient (Wildman–Crippen LogP) is 1.10. The zero-order chi connectivity index (χ0) is 11.6. The molecule has 7 heteroatoms. The van der Waals surface area contributed by atoms with Crippen LogP contribution in [0.15, 0.2) is 10.6 Å². The molecule has 1 aromatic rings. The van der Waals surface area contributed by atoms with E-state index in [1.807, 2.05) is 4.90 Å². The third-order valence-electron chi connectivity index (χ3n) is 2.39. The second-order valence-electron chi connectivity index (χ2n) is 3.66. The molecule has 2 rings (SSSR count). The van der Waals surface area contributed by atoms with Gasteiger partial charge in [0.25, 0.3) is 0 Å². The maximum Gasteiger partial charge on any atom is 0.468 e. The summed E-state index contributed by atoms with van der Waals surface area (Å²) in [5, 5.41) is 3.16. The zero-order valence-corrected chi connectivity index (χ0v) is 8.55. The minimum Gasteiger partial charge on any atom is -0.437 e. The second kappa shape index (κ2) is 4.42. The zero-order valence-electron chi connectivity index (χ0n) is 8.55. The van der Waals surface area contributed by atoms with Gasteiger partial charge in [-0.3, -0.25) is 4.90 Å². The molecule has 16 heavy (non-hydrogen) atoms. The minimum absolute atomic E-state index is 0.259. The van der Waals surface area contributed by atoms with Crippen molar-refractivity contribution in [1.82, 2.24) is 15.2 Å². The molecule has 1 aliphatic rings. The highest BCUT2D eigenvalue weighted by atomic mass is 19.4. The van der Waals surface area contributed by atoms with E-state index >= 15 is 0 Å². The van der Waals surface area contributed by atoms with Crippen molar-refractivity contribution in [2.24, 2.45) is 0 Å². The molecule has 1 N–H and O–H groups in total. The molecule has 0 aliphatic carbocycles. The first-order valence-corrected chi connectivity index (χ1v) is 5.01. The van der Waals surface area contributed by atoms with E-state index in [1.54, 1.807) is 0 Å². The van der Waals surface area contributed by atoms with Gasteiger partial charge in [-0.2, -0.15) is 13.2 Å². The number of alkyl halides is 3. The van der Waals surface area contributed by atoms with Gasteiger partial charge in [-0.15, -0.1) is 0 Å². The first-order valence-electron chi connectivity index (χ1n) is 5.01. The van der Waals surface area contributed by atoms with E-state index in [1.165, 1.54) is 0 Å². The number of halogens is 3. The topological polar surface area (TPSA) is 41.3 Å².